The van der Waals surface area contributed by atoms with E-state index in [4.69, 9.17) is 32.8 Å². The van der Waals surface area contributed by atoms with Gasteiger partial charge in [-0.3, -0.25) is 0 Å². The quantitative estimate of drug-likeness (QED) is 0.402. The average Bonchev–Trinajstić information content (AvgIpc) is 3.57. The lowest BCUT2D eigenvalue weighted by Gasteiger charge is -2.46. The summed E-state index contributed by atoms with van der Waals surface area (Å²) in [4.78, 5) is 17.0. The van der Waals surface area contributed by atoms with Crippen molar-refractivity contribution in [2.24, 2.45) is 5.41 Å². The average molecular weight is 514 g/mol. The third-order valence-electron chi connectivity index (χ3n) is 7.34. The molecule has 1 saturated carbocycles. The summed E-state index contributed by atoms with van der Waals surface area (Å²) in [5.41, 5.74) is 3.50. The van der Waals surface area contributed by atoms with E-state index in [0.29, 0.717) is 40.3 Å². The summed E-state index contributed by atoms with van der Waals surface area (Å²) in [6.07, 6.45) is 8.28. The van der Waals surface area contributed by atoms with Gasteiger partial charge < -0.3 is 14.5 Å². The van der Waals surface area contributed by atoms with Crippen molar-refractivity contribution in [3.8, 4) is 11.3 Å². The molecular formula is C26H22Cl2FN3O3. The van der Waals surface area contributed by atoms with Gasteiger partial charge in [0.1, 0.15) is 11.5 Å². The zero-order valence-electron chi connectivity index (χ0n) is 18.7. The van der Waals surface area contributed by atoms with Crippen molar-refractivity contribution >= 4 is 40.6 Å². The van der Waals surface area contributed by atoms with Crippen LogP contribution >= 0.6 is 23.2 Å². The van der Waals surface area contributed by atoms with Crippen molar-refractivity contribution < 1.29 is 18.8 Å². The van der Waals surface area contributed by atoms with Gasteiger partial charge in [-0.15, -0.1) is 0 Å². The molecule has 0 atom stereocenters. The smallest absolute Gasteiger partial charge is 0.337 e. The van der Waals surface area contributed by atoms with Gasteiger partial charge in [-0.25, -0.2) is 14.2 Å². The standard InChI is InChI=1S/C26H22Cl2FN3O3/c27-17-2-1-3-18(28)21(17)22-20(23(35-31-22)14-4-5-14)16-11-26(12-16)6-8-32(9-7-26)24-19(29)10-15(13-30-24)25(33)34/h1-3,10-11,13-14H,4-9,12H2,(H,33,34). The molecule has 0 amide bonds. The highest BCUT2D eigenvalue weighted by atomic mass is 35.5. The summed E-state index contributed by atoms with van der Waals surface area (Å²) in [6.45, 7) is 1.28. The van der Waals surface area contributed by atoms with Crippen LogP contribution < -0.4 is 4.90 Å². The minimum atomic E-state index is -1.19. The fourth-order valence-corrected chi connectivity index (χ4v) is 5.85. The highest BCUT2D eigenvalue weighted by molar-refractivity contribution is 6.39. The van der Waals surface area contributed by atoms with Crippen LogP contribution in [-0.2, 0) is 0 Å². The predicted octanol–water partition coefficient (Wildman–Crippen LogP) is 6.83. The largest absolute Gasteiger partial charge is 0.478 e. The minimum Gasteiger partial charge on any atom is -0.478 e. The van der Waals surface area contributed by atoms with Gasteiger partial charge in [-0.2, -0.15) is 0 Å². The lowest BCUT2D eigenvalue weighted by atomic mass is 9.63. The molecule has 0 radical (unpaired) electrons. The van der Waals surface area contributed by atoms with Gasteiger partial charge in [0.2, 0.25) is 0 Å². The molecule has 2 fully saturated rings. The van der Waals surface area contributed by atoms with Crippen LogP contribution in [0, 0.1) is 11.2 Å². The van der Waals surface area contributed by atoms with E-state index in [0.717, 1.165) is 49.5 Å². The van der Waals surface area contributed by atoms with Crippen LogP contribution in [0.3, 0.4) is 0 Å². The Balaban J connectivity index is 1.26. The number of allylic oxidation sites excluding steroid dienone is 2. The second-order valence-corrected chi connectivity index (χ2v) is 10.5. The normalized spacial score (nSPS) is 18.9. The Hall–Kier alpha value is -2.90. The number of hydrogen-bond acceptors (Lipinski definition) is 5. The number of carboxylic acid groups (broad SMARTS) is 1. The zero-order chi connectivity index (χ0) is 24.3. The highest BCUT2D eigenvalue weighted by Crippen LogP contribution is 2.56. The number of rotatable bonds is 5. The van der Waals surface area contributed by atoms with E-state index in [2.05, 4.69) is 16.2 Å². The van der Waals surface area contributed by atoms with Gasteiger partial charge in [0.15, 0.2) is 11.6 Å². The van der Waals surface area contributed by atoms with E-state index < -0.39 is 11.8 Å². The molecule has 3 heterocycles. The van der Waals surface area contributed by atoms with E-state index in [9.17, 15) is 9.18 Å². The van der Waals surface area contributed by atoms with Crippen molar-refractivity contribution in [1.29, 1.82) is 0 Å². The molecule has 1 aromatic carbocycles. The van der Waals surface area contributed by atoms with Gasteiger partial charge in [0, 0.05) is 36.3 Å². The Labute approximate surface area is 211 Å². The van der Waals surface area contributed by atoms with Crippen molar-refractivity contribution in [1.82, 2.24) is 10.1 Å². The Kier molecular flexibility index (Phi) is 5.38. The second kappa shape index (κ2) is 8.35. The molecule has 3 aromatic rings. The van der Waals surface area contributed by atoms with E-state index in [1.165, 1.54) is 11.8 Å². The number of pyridine rings is 1. The van der Waals surface area contributed by atoms with Gasteiger partial charge in [-0.1, -0.05) is 40.5 Å². The Morgan fingerprint density at radius 2 is 1.86 bits per heavy atom. The summed E-state index contributed by atoms with van der Waals surface area (Å²) >= 11 is 13.0. The number of piperidine rings is 1. The number of benzene rings is 1. The van der Waals surface area contributed by atoms with E-state index in [1.54, 1.807) is 12.1 Å². The second-order valence-electron chi connectivity index (χ2n) is 9.67. The van der Waals surface area contributed by atoms with Gasteiger partial charge in [0.05, 0.1) is 15.6 Å². The first-order chi connectivity index (χ1) is 16.8. The van der Waals surface area contributed by atoms with Crippen LogP contribution in [0.1, 0.15) is 59.7 Å². The van der Waals surface area contributed by atoms with Crippen LogP contribution in [0.4, 0.5) is 10.2 Å². The molecule has 0 bridgehead atoms. The Morgan fingerprint density at radius 3 is 2.46 bits per heavy atom. The first-order valence-corrected chi connectivity index (χ1v) is 12.4. The molecule has 180 valence electrons. The molecule has 6 nitrogen and oxygen atoms in total. The minimum absolute atomic E-state index is 0.0307. The summed E-state index contributed by atoms with van der Waals surface area (Å²) in [6, 6.07) is 6.46. The summed E-state index contributed by atoms with van der Waals surface area (Å²) in [5, 5.41) is 14.5. The van der Waals surface area contributed by atoms with Crippen LogP contribution in [-0.4, -0.2) is 34.3 Å². The molecule has 35 heavy (non-hydrogen) atoms. The number of aromatic nitrogens is 2. The summed E-state index contributed by atoms with van der Waals surface area (Å²) < 4.78 is 20.3. The summed E-state index contributed by atoms with van der Waals surface area (Å²) in [5.74, 6) is -0.289. The molecule has 1 spiro atoms. The third-order valence-corrected chi connectivity index (χ3v) is 7.97. The first kappa shape index (κ1) is 22.6. The summed E-state index contributed by atoms with van der Waals surface area (Å²) in [7, 11) is 0. The van der Waals surface area contributed by atoms with E-state index in [-0.39, 0.29) is 16.8 Å². The predicted molar refractivity (Wildman–Crippen MR) is 132 cm³/mol. The number of carbonyl (C=O) groups is 1. The molecule has 3 aliphatic rings. The maximum Gasteiger partial charge on any atom is 0.337 e. The fourth-order valence-electron chi connectivity index (χ4n) is 5.28. The number of anilines is 1. The maximum atomic E-state index is 14.5. The van der Waals surface area contributed by atoms with Crippen molar-refractivity contribution in [3.05, 3.63) is 69.3 Å². The molecule has 1 saturated heterocycles. The number of hydrogen-bond donors (Lipinski definition) is 1. The van der Waals surface area contributed by atoms with Crippen LogP contribution in [0.2, 0.25) is 10.0 Å². The maximum absolute atomic E-state index is 14.5. The Morgan fingerprint density at radius 1 is 1.17 bits per heavy atom. The SMILES string of the molecule is O=C(O)c1cnc(N2CCC3(C=C(c4c(-c5c(Cl)cccc5Cl)noc4C4CC4)C3)CC2)c(F)c1. The molecule has 1 aliphatic heterocycles. The number of nitrogens with zero attached hydrogens (tertiary/aromatic N) is 3. The van der Waals surface area contributed by atoms with Gasteiger partial charge in [0.25, 0.3) is 0 Å². The topological polar surface area (TPSA) is 79.5 Å². The van der Waals surface area contributed by atoms with Crippen molar-refractivity contribution in [3.63, 3.8) is 0 Å². The Bertz CT molecular complexity index is 1350. The highest BCUT2D eigenvalue weighted by Gasteiger charge is 2.44. The molecule has 1 N–H and O–H groups in total. The van der Waals surface area contributed by atoms with Crippen LogP contribution in [0.15, 0.2) is 41.1 Å². The van der Waals surface area contributed by atoms with Gasteiger partial charge >= 0.3 is 5.97 Å². The zero-order valence-corrected chi connectivity index (χ0v) is 20.2. The van der Waals surface area contributed by atoms with Gasteiger partial charge in [-0.05, 0) is 61.3 Å². The molecule has 9 heteroatoms. The van der Waals surface area contributed by atoms with Crippen molar-refractivity contribution in [2.75, 3.05) is 18.0 Å². The van der Waals surface area contributed by atoms with Crippen molar-refractivity contribution in [2.45, 2.75) is 38.0 Å². The fraction of sp³-hybridized carbons (Fsp3) is 0.346. The van der Waals surface area contributed by atoms with E-state index >= 15 is 0 Å². The van der Waals surface area contributed by atoms with E-state index in [1.807, 2.05) is 11.0 Å². The molecule has 6 rings (SSSR count). The number of aromatic carboxylic acids is 1. The monoisotopic (exact) mass is 513 g/mol. The van der Waals surface area contributed by atoms with Crippen LogP contribution in [0.25, 0.3) is 16.8 Å². The lowest BCUT2D eigenvalue weighted by molar-refractivity contribution is 0.0696. The van der Waals surface area contributed by atoms with Crippen LogP contribution in [0.5, 0.6) is 0 Å². The number of carboxylic acids is 1. The lowest BCUT2D eigenvalue weighted by Crippen LogP contribution is -2.43. The molecule has 2 aromatic heterocycles. The third kappa shape index (κ3) is 3.91. The molecule has 0 unspecified atom stereocenters. The molecule has 2 aliphatic carbocycles. The number of halogens is 3. The molecular weight excluding hydrogens is 492 g/mol. The first-order valence-electron chi connectivity index (χ1n) is 11.6.